The van der Waals surface area contributed by atoms with E-state index in [9.17, 15) is 0 Å². The maximum absolute atomic E-state index is 5.84. The molecule has 0 spiro atoms. The van der Waals surface area contributed by atoms with Crippen LogP contribution in [0.2, 0.25) is 0 Å². The Kier molecular flexibility index (Phi) is 3.30. The molecule has 1 heterocycles. The van der Waals surface area contributed by atoms with E-state index in [0.29, 0.717) is 0 Å². The van der Waals surface area contributed by atoms with Gasteiger partial charge in [-0.1, -0.05) is 23.8 Å². The van der Waals surface area contributed by atoms with Crippen LogP contribution in [0.15, 0.2) is 35.9 Å². The summed E-state index contributed by atoms with van der Waals surface area (Å²) < 4.78 is 0. The van der Waals surface area contributed by atoms with E-state index in [4.69, 9.17) is 5.73 Å². The Morgan fingerprint density at radius 1 is 1.25 bits per heavy atom. The van der Waals surface area contributed by atoms with E-state index in [0.717, 1.165) is 19.5 Å². The molecule has 0 radical (unpaired) electrons. The van der Waals surface area contributed by atoms with Crippen LogP contribution >= 0.6 is 0 Å². The molecule has 16 heavy (non-hydrogen) atoms. The Bertz CT molecular complexity index is 376. The fraction of sp³-hybridized carbons (Fsp3) is 0.429. The highest BCUT2D eigenvalue weighted by molar-refractivity contribution is 5.49. The molecule has 86 valence electrons. The quantitative estimate of drug-likeness (QED) is 0.770. The van der Waals surface area contributed by atoms with E-state index < -0.39 is 0 Å². The molecular weight excluding hydrogens is 196 g/mol. The maximum Gasteiger partial charge on any atom is 0.0386 e. The lowest BCUT2D eigenvalue weighted by molar-refractivity contribution is 0.787. The Hall–Kier alpha value is -1.28. The first-order valence-electron chi connectivity index (χ1n) is 5.93. The Balaban J connectivity index is 2.13. The first-order valence-corrected chi connectivity index (χ1v) is 5.93. The second-order valence-corrected chi connectivity index (χ2v) is 4.64. The van der Waals surface area contributed by atoms with Gasteiger partial charge in [0.1, 0.15) is 0 Å². The van der Waals surface area contributed by atoms with Crippen LogP contribution < -0.4 is 10.6 Å². The summed E-state index contributed by atoms with van der Waals surface area (Å²) in [4.78, 5) is 2.42. The lowest BCUT2D eigenvalue weighted by Crippen LogP contribution is -2.28. The molecule has 0 saturated carbocycles. The van der Waals surface area contributed by atoms with E-state index in [1.54, 1.807) is 0 Å². The molecule has 0 bridgehead atoms. The van der Waals surface area contributed by atoms with Gasteiger partial charge in [0.05, 0.1) is 0 Å². The Labute approximate surface area is 97.8 Å². The molecule has 0 aliphatic carbocycles. The number of anilines is 1. The van der Waals surface area contributed by atoms with Gasteiger partial charge < -0.3 is 10.6 Å². The van der Waals surface area contributed by atoms with Crippen molar-refractivity contribution in [1.82, 2.24) is 0 Å². The lowest BCUT2D eigenvalue weighted by Gasteiger charge is -2.28. The van der Waals surface area contributed by atoms with E-state index in [1.807, 2.05) is 6.92 Å². The summed E-state index contributed by atoms with van der Waals surface area (Å²) in [7, 11) is 0. The lowest BCUT2D eigenvalue weighted by atomic mass is 10.1. The molecule has 0 aromatic heterocycles. The van der Waals surface area contributed by atoms with Crippen molar-refractivity contribution < 1.29 is 0 Å². The number of hydrogen-bond donors (Lipinski definition) is 1. The van der Waals surface area contributed by atoms with Gasteiger partial charge in [0.15, 0.2) is 0 Å². The van der Waals surface area contributed by atoms with Crippen molar-refractivity contribution in [3.63, 3.8) is 0 Å². The number of hydrogen-bond acceptors (Lipinski definition) is 2. The summed E-state index contributed by atoms with van der Waals surface area (Å²) >= 11 is 0. The zero-order valence-corrected chi connectivity index (χ0v) is 10.1. The summed E-state index contributed by atoms with van der Waals surface area (Å²) in [6.45, 7) is 6.39. The van der Waals surface area contributed by atoms with Crippen LogP contribution in [0.4, 0.5) is 5.69 Å². The van der Waals surface area contributed by atoms with Gasteiger partial charge in [-0.3, -0.25) is 0 Å². The van der Waals surface area contributed by atoms with E-state index in [-0.39, 0.29) is 6.04 Å². The van der Waals surface area contributed by atoms with Crippen molar-refractivity contribution in [2.24, 2.45) is 5.73 Å². The second-order valence-electron chi connectivity index (χ2n) is 4.64. The van der Waals surface area contributed by atoms with Crippen LogP contribution in [0.3, 0.4) is 0 Å². The minimum Gasteiger partial charge on any atom is -0.367 e. The minimum atomic E-state index is 0.122. The van der Waals surface area contributed by atoms with Gasteiger partial charge in [-0.25, -0.2) is 0 Å². The molecule has 1 aromatic rings. The molecular formula is C14H20N2. The SMILES string of the molecule is CC1=CCCN(c2ccc([C@H](C)N)cc2)C1. The topological polar surface area (TPSA) is 29.3 Å². The second kappa shape index (κ2) is 4.71. The van der Waals surface area contributed by atoms with Gasteiger partial charge >= 0.3 is 0 Å². The highest BCUT2D eigenvalue weighted by Crippen LogP contribution is 2.21. The number of nitrogens with zero attached hydrogens (tertiary/aromatic N) is 1. The highest BCUT2D eigenvalue weighted by atomic mass is 15.1. The van der Waals surface area contributed by atoms with Gasteiger partial charge in [-0.2, -0.15) is 0 Å². The van der Waals surface area contributed by atoms with Crippen molar-refractivity contribution in [2.75, 3.05) is 18.0 Å². The summed E-state index contributed by atoms with van der Waals surface area (Å²) in [6, 6.07) is 8.74. The van der Waals surface area contributed by atoms with E-state index >= 15 is 0 Å². The summed E-state index contributed by atoms with van der Waals surface area (Å²) in [5, 5.41) is 0. The maximum atomic E-state index is 5.84. The normalized spacial score (nSPS) is 18.2. The largest absolute Gasteiger partial charge is 0.367 e. The van der Waals surface area contributed by atoms with Gasteiger partial charge in [0.2, 0.25) is 0 Å². The van der Waals surface area contributed by atoms with Gasteiger partial charge in [-0.15, -0.1) is 0 Å². The molecule has 2 N–H and O–H groups in total. The Morgan fingerprint density at radius 2 is 1.94 bits per heavy atom. The fourth-order valence-electron chi connectivity index (χ4n) is 2.12. The van der Waals surface area contributed by atoms with Crippen molar-refractivity contribution in [2.45, 2.75) is 26.3 Å². The molecule has 0 amide bonds. The van der Waals surface area contributed by atoms with E-state index in [1.165, 1.54) is 16.8 Å². The van der Waals surface area contributed by atoms with Crippen LogP contribution in [-0.2, 0) is 0 Å². The molecule has 1 atom stereocenters. The molecule has 0 unspecified atom stereocenters. The molecule has 1 aliphatic heterocycles. The van der Waals surface area contributed by atoms with Crippen LogP contribution in [-0.4, -0.2) is 13.1 Å². The van der Waals surface area contributed by atoms with Crippen LogP contribution in [0.1, 0.15) is 31.9 Å². The van der Waals surface area contributed by atoms with Crippen molar-refractivity contribution in [3.05, 3.63) is 41.5 Å². The summed E-state index contributed by atoms with van der Waals surface area (Å²) in [6.07, 6.45) is 3.48. The summed E-state index contributed by atoms with van der Waals surface area (Å²) in [5.41, 5.74) is 9.81. The fourth-order valence-corrected chi connectivity index (χ4v) is 2.12. The molecule has 0 fully saturated rings. The number of nitrogens with two attached hydrogens (primary N) is 1. The molecule has 2 heteroatoms. The third kappa shape index (κ3) is 2.45. The number of rotatable bonds is 2. The zero-order chi connectivity index (χ0) is 11.5. The highest BCUT2D eigenvalue weighted by Gasteiger charge is 2.10. The smallest absolute Gasteiger partial charge is 0.0386 e. The van der Waals surface area contributed by atoms with Crippen LogP contribution in [0, 0.1) is 0 Å². The monoisotopic (exact) mass is 216 g/mol. The predicted molar refractivity (Wildman–Crippen MR) is 69.6 cm³/mol. The number of benzene rings is 1. The molecule has 0 saturated heterocycles. The van der Waals surface area contributed by atoms with Gasteiger partial charge in [0.25, 0.3) is 0 Å². The molecule has 1 aromatic carbocycles. The average Bonchev–Trinajstić information content (AvgIpc) is 2.29. The predicted octanol–water partition coefficient (Wildman–Crippen LogP) is 2.86. The summed E-state index contributed by atoms with van der Waals surface area (Å²) in [5.74, 6) is 0. The minimum absolute atomic E-state index is 0.122. The average molecular weight is 216 g/mol. The van der Waals surface area contributed by atoms with Crippen LogP contribution in [0.25, 0.3) is 0 Å². The standard InChI is InChI=1S/C14H20N2/c1-11-4-3-9-16(10-11)14-7-5-13(6-8-14)12(2)15/h4-8,12H,3,9-10,15H2,1-2H3/t12-/m0/s1. The molecule has 1 aliphatic rings. The Morgan fingerprint density at radius 3 is 2.50 bits per heavy atom. The first kappa shape index (κ1) is 11.2. The first-order chi connectivity index (χ1) is 7.66. The molecule has 2 nitrogen and oxygen atoms in total. The van der Waals surface area contributed by atoms with Crippen molar-refractivity contribution in [3.8, 4) is 0 Å². The van der Waals surface area contributed by atoms with Gasteiger partial charge in [0, 0.05) is 24.8 Å². The third-order valence-electron chi connectivity index (χ3n) is 3.12. The van der Waals surface area contributed by atoms with Crippen LogP contribution in [0.5, 0.6) is 0 Å². The third-order valence-corrected chi connectivity index (χ3v) is 3.12. The zero-order valence-electron chi connectivity index (χ0n) is 10.1. The van der Waals surface area contributed by atoms with Gasteiger partial charge in [-0.05, 0) is 38.0 Å². The molecule has 2 rings (SSSR count). The van der Waals surface area contributed by atoms with Crippen molar-refractivity contribution in [1.29, 1.82) is 0 Å². The van der Waals surface area contributed by atoms with Crippen molar-refractivity contribution >= 4 is 5.69 Å². The van der Waals surface area contributed by atoms with E-state index in [2.05, 4.69) is 42.2 Å².